The zero-order valence-corrected chi connectivity index (χ0v) is 35.3. The summed E-state index contributed by atoms with van der Waals surface area (Å²) in [6.45, 7) is 0. The fraction of sp³-hybridized carbons (Fsp3) is 0.0323. The molecule has 0 N–H and O–H groups in total. The van der Waals surface area contributed by atoms with Gasteiger partial charge in [-0.3, -0.25) is 0 Å². The summed E-state index contributed by atoms with van der Waals surface area (Å²) in [4.78, 5) is 2.39. The number of hydrogen-bond acceptors (Lipinski definition) is 3. The molecule has 1 spiro atoms. The number of fused-ring (bicyclic) bond motifs is 16. The van der Waals surface area contributed by atoms with Crippen molar-refractivity contribution in [1.29, 1.82) is 0 Å². The second kappa shape index (κ2) is 13.6. The Kier molecular flexibility index (Phi) is 7.53. The van der Waals surface area contributed by atoms with Gasteiger partial charge in [-0.15, -0.1) is 0 Å². The topological polar surface area (TPSA) is 21.7 Å². The average molecular weight is 830 g/mol. The monoisotopic (exact) mass is 829 g/mol. The zero-order chi connectivity index (χ0) is 42.7. The van der Waals surface area contributed by atoms with E-state index >= 15 is 0 Å². The Labute approximate surface area is 378 Å². The second-order valence-corrected chi connectivity index (χ2v) is 17.4. The van der Waals surface area contributed by atoms with Crippen LogP contribution in [-0.4, -0.2) is 0 Å². The lowest BCUT2D eigenvalue weighted by Gasteiger charge is -2.38. The van der Waals surface area contributed by atoms with Crippen molar-refractivity contribution >= 4 is 17.1 Å². The summed E-state index contributed by atoms with van der Waals surface area (Å²) in [5.74, 6) is 2.77. The van der Waals surface area contributed by atoms with Gasteiger partial charge in [0.15, 0.2) is 23.0 Å². The van der Waals surface area contributed by atoms with Crippen LogP contribution in [0.2, 0.25) is 0 Å². The van der Waals surface area contributed by atoms with E-state index in [1.165, 1.54) is 66.8 Å². The first-order chi connectivity index (χ1) is 32.3. The molecule has 0 saturated heterocycles. The Morgan fingerprint density at radius 1 is 0.292 bits per heavy atom. The molecule has 1 heterocycles. The number of para-hydroxylation sites is 2. The van der Waals surface area contributed by atoms with Gasteiger partial charge in [0.05, 0.1) is 22.2 Å². The lowest BCUT2D eigenvalue weighted by molar-refractivity contribution is 0.361. The zero-order valence-electron chi connectivity index (χ0n) is 35.3. The first kappa shape index (κ1) is 36.1. The smallest absolute Gasteiger partial charge is 0.194 e. The van der Waals surface area contributed by atoms with Gasteiger partial charge in [0.1, 0.15) is 0 Å². The Morgan fingerprint density at radius 2 is 0.754 bits per heavy atom. The molecule has 10 aromatic carbocycles. The van der Waals surface area contributed by atoms with Crippen molar-refractivity contribution < 1.29 is 9.47 Å². The fourth-order valence-corrected chi connectivity index (χ4v) is 12.0. The normalized spacial score (nSPS) is 14.3. The predicted molar refractivity (Wildman–Crippen MR) is 261 cm³/mol. The van der Waals surface area contributed by atoms with Gasteiger partial charge in [-0.1, -0.05) is 200 Å². The third-order valence-corrected chi connectivity index (χ3v) is 14.4. The van der Waals surface area contributed by atoms with Crippen LogP contribution >= 0.6 is 0 Å². The summed E-state index contributed by atoms with van der Waals surface area (Å²) in [6.07, 6.45) is 0. The van der Waals surface area contributed by atoms with Gasteiger partial charge in [0.2, 0.25) is 0 Å². The molecule has 0 radical (unpaired) electrons. The van der Waals surface area contributed by atoms with Crippen LogP contribution < -0.4 is 14.4 Å². The Hall–Kier alpha value is -8.40. The van der Waals surface area contributed by atoms with Gasteiger partial charge in [-0.25, -0.2) is 0 Å². The maximum atomic E-state index is 7.55. The average Bonchev–Trinajstić information content (AvgIpc) is 3.98. The van der Waals surface area contributed by atoms with Gasteiger partial charge in [0.25, 0.3) is 0 Å². The maximum Gasteiger partial charge on any atom is 0.194 e. The lowest BCUT2D eigenvalue weighted by atomic mass is 9.67. The molecule has 3 nitrogen and oxygen atoms in total. The van der Waals surface area contributed by atoms with E-state index in [-0.39, 0.29) is 0 Å². The maximum absolute atomic E-state index is 7.55. The van der Waals surface area contributed by atoms with Crippen LogP contribution in [0, 0.1) is 0 Å². The fourth-order valence-electron chi connectivity index (χ4n) is 12.0. The molecule has 0 bridgehead atoms. The van der Waals surface area contributed by atoms with Crippen LogP contribution in [0.15, 0.2) is 237 Å². The summed E-state index contributed by atoms with van der Waals surface area (Å²) in [5, 5.41) is 0. The van der Waals surface area contributed by atoms with Crippen molar-refractivity contribution in [1.82, 2.24) is 0 Å². The largest absolute Gasteiger partial charge is 0.449 e. The van der Waals surface area contributed by atoms with Crippen LogP contribution in [0.25, 0.3) is 33.4 Å². The quantitative estimate of drug-likeness (QED) is 0.172. The minimum Gasteiger partial charge on any atom is -0.449 e. The number of anilines is 3. The number of ether oxygens (including phenoxy) is 2. The molecule has 0 fully saturated rings. The summed E-state index contributed by atoms with van der Waals surface area (Å²) < 4.78 is 14.6. The van der Waals surface area contributed by atoms with Crippen molar-refractivity contribution in [2.75, 3.05) is 4.90 Å². The predicted octanol–water partition coefficient (Wildman–Crippen LogP) is 15.8. The van der Waals surface area contributed by atoms with Crippen molar-refractivity contribution in [3.63, 3.8) is 0 Å². The number of rotatable bonds is 5. The van der Waals surface area contributed by atoms with Crippen LogP contribution in [0.4, 0.5) is 17.1 Å². The third-order valence-electron chi connectivity index (χ3n) is 14.4. The molecule has 0 aromatic heterocycles. The molecule has 65 heavy (non-hydrogen) atoms. The molecule has 0 unspecified atom stereocenters. The van der Waals surface area contributed by atoms with Crippen LogP contribution in [0.1, 0.15) is 44.5 Å². The minimum absolute atomic E-state index is 0.509. The van der Waals surface area contributed by atoms with Gasteiger partial charge < -0.3 is 14.4 Å². The van der Waals surface area contributed by atoms with Crippen LogP contribution in [0.3, 0.4) is 0 Å². The van der Waals surface area contributed by atoms with Crippen LogP contribution in [0.5, 0.6) is 23.0 Å². The van der Waals surface area contributed by atoms with Crippen molar-refractivity contribution in [3.05, 3.63) is 281 Å². The highest BCUT2D eigenvalue weighted by Crippen LogP contribution is 2.67. The van der Waals surface area contributed by atoms with E-state index < -0.39 is 10.8 Å². The summed E-state index contributed by atoms with van der Waals surface area (Å²) in [5.41, 5.74) is 18.9. The van der Waals surface area contributed by atoms with Crippen LogP contribution in [-0.2, 0) is 10.8 Å². The Balaban J connectivity index is 1.02. The molecular weight excluding hydrogens is 791 g/mol. The number of benzene rings is 10. The first-order valence-corrected chi connectivity index (χ1v) is 22.4. The molecule has 0 atom stereocenters. The molecule has 0 amide bonds. The van der Waals surface area contributed by atoms with Gasteiger partial charge in [0, 0.05) is 16.8 Å². The summed E-state index contributed by atoms with van der Waals surface area (Å²) >= 11 is 0. The van der Waals surface area contributed by atoms with E-state index in [0.29, 0.717) is 17.2 Å². The number of nitrogens with zero attached hydrogens (tertiary/aromatic N) is 1. The standard InChI is InChI=1S/C62H39NO2/c1-4-20-40(21-5-1)61(41-22-6-2-7-23-41)48-31-14-12-28-45(48)46-30-18-35-53(58(46)61)63(42-24-8-3-9-25-42)54-36-19-37-55-59(54)65-60-56(64-55)39-38-52-57(60)47-29-13-17-34-51(47)62(52)49-32-15-10-26-43(49)44-27-11-16-33-50(44)62/h1-39H. The van der Waals surface area contributed by atoms with E-state index in [4.69, 9.17) is 9.47 Å². The molecule has 3 aliphatic carbocycles. The molecule has 10 aromatic rings. The van der Waals surface area contributed by atoms with E-state index in [2.05, 4.69) is 235 Å². The molecule has 1 aliphatic heterocycles. The molecular formula is C62H39NO2. The van der Waals surface area contributed by atoms with E-state index in [0.717, 1.165) is 33.9 Å². The lowest BCUT2D eigenvalue weighted by Crippen LogP contribution is -2.30. The highest BCUT2D eigenvalue weighted by molar-refractivity contribution is 5.99. The summed E-state index contributed by atoms with van der Waals surface area (Å²) in [7, 11) is 0. The Bertz CT molecular complexity index is 3470. The van der Waals surface area contributed by atoms with E-state index in [9.17, 15) is 0 Å². The van der Waals surface area contributed by atoms with Crippen molar-refractivity contribution in [2.24, 2.45) is 0 Å². The van der Waals surface area contributed by atoms with Crippen molar-refractivity contribution in [3.8, 4) is 56.4 Å². The molecule has 14 rings (SSSR count). The number of hydrogen-bond donors (Lipinski definition) is 0. The molecule has 0 saturated carbocycles. The first-order valence-electron chi connectivity index (χ1n) is 22.4. The third kappa shape index (κ3) is 4.69. The van der Waals surface area contributed by atoms with E-state index in [1.807, 2.05) is 6.07 Å². The van der Waals surface area contributed by atoms with Gasteiger partial charge in [-0.05, 0) is 103 Å². The van der Waals surface area contributed by atoms with Gasteiger partial charge >= 0.3 is 0 Å². The molecule has 304 valence electrons. The SMILES string of the molecule is c1ccc(N(c2cccc3c2Oc2c(ccc4c2-c2ccccc2C42c4ccccc4-c4ccccc42)O3)c2cccc3c2C(c2ccccc2)(c2ccccc2)c2ccccc2-3)cc1. The minimum atomic E-state index is -0.635. The molecule has 3 heteroatoms. The second-order valence-electron chi connectivity index (χ2n) is 17.4. The van der Waals surface area contributed by atoms with Gasteiger partial charge in [-0.2, -0.15) is 0 Å². The molecule has 4 aliphatic rings. The Morgan fingerprint density at radius 3 is 1.38 bits per heavy atom. The van der Waals surface area contributed by atoms with E-state index in [1.54, 1.807) is 0 Å². The highest BCUT2D eigenvalue weighted by atomic mass is 16.6. The van der Waals surface area contributed by atoms with Crippen molar-refractivity contribution in [2.45, 2.75) is 10.8 Å². The summed E-state index contributed by atoms with van der Waals surface area (Å²) in [6, 6.07) is 85.8. The highest BCUT2D eigenvalue weighted by Gasteiger charge is 2.53.